The Balaban J connectivity index is 1.55. The maximum absolute atomic E-state index is 14.0. The molecule has 7 nitrogen and oxygen atoms in total. The third-order valence-corrected chi connectivity index (χ3v) is 4.80. The van der Waals surface area contributed by atoms with Crippen molar-refractivity contribution in [2.75, 3.05) is 58.5 Å². The molecule has 2 heterocycles. The zero-order valence-electron chi connectivity index (χ0n) is 17.0. The van der Waals surface area contributed by atoms with Crippen molar-refractivity contribution >= 4 is 11.6 Å². The minimum atomic E-state index is -0.180. The quantitative estimate of drug-likeness (QED) is 0.436. The number of guanidine groups is 1. The summed E-state index contributed by atoms with van der Waals surface area (Å²) < 4.78 is 24.8. The van der Waals surface area contributed by atoms with Gasteiger partial charge in [-0.3, -0.25) is 4.99 Å². The summed E-state index contributed by atoms with van der Waals surface area (Å²) in [5, 5.41) is 3.38. The van der Waals surface area contributed by atoms with E-state index in [4.69, 9.17) is 9.47 Å². The summed E-state index contributed by atoms with van der Waals surface area (Å²) >= 11 is 0. The molecule has 1 saturated heterocycles. The van der Waals surface area contributed by atoms with Crippen molar-refractivity contribution in [2.24, 2.45) is 4.99 Å². The fraction of sp³-hybridized carbons (Fsp3) is 0.429. The van der Waals surface area contributed by atoms with E-state index < -0.39 is 0 Å². The SMILES string of the molecule is CN=C(NCc1cccnc1OCCOC)N1CCN(c2ccccc2F)CC1. The lowest BCUT2D eigenvalue weighted by molar-refractivity contribution is 0.143. The van der Waals surface area contributed by atoms with Gasteiger partial charge < -0.3 is 24.6 Å². The van der Waals surface area contributed by atoms with Gasteiger partial charge in [-0.15, -0.1) is 0 Å². The minimum absolute atomic E-state index is 0.180. The summed E-state index contributed by atoms with van der Waals surface area (Å²) in [6, 6.07) is 10.8. The van der Waals surface area contributed by atoms with Crippen molar-refractivity contribution in [1.29, 1.82) is 0 Å². The van der Waals surface area contributed by atoms with E-state index in [2.05, 4.69) is 25.1 Å². The first kappa shape index (κ1) is 20.9. The van der Waals surface area contributed by atoms with E-state index in [0.29, 0.717) is 31.3 Å². The topological polar surface area (TPSA) is 62.2 Å². The summed E-state index contributed by atoms with van der Waals surface area (Å²) in [6.07, 6.45) is 1.71. The number of hydrogen-bond donors (Lipinski definition) is 1. The third-order valence-electron chi connectivity index (χ3n) is 4.80. The number of aliphatic imine (C=N–C) groups is 1. The molecule has 8 heteroatoms. The van der Waals surface area contributed by atoms with E-state index in [1.165, 1.54) is 6.07 Å². The van der Waals surface area contributed by atoms with E-state index >= 15 is 0 Å². The predicted octanol–water partition coefficient (Wildman–Crippen LogP) is 2.14. The number of hydrogen-bond acceptors (Lipinski definition) is 5. The van der Waals surface area contributed by atoms with Gasteiger partial charge >= 0.3 is 0 Å². The summed E-state index contributed by atoms with van der Waals surface area (Å²) in [7, 11) is 3.41. The molecule has 1 N–H and O–H groups in total. The van der Waals surface area contributed by atoms with E-state index in [1.54, 1.807) is 26.4 Å². The van der Waals surface area contributed by atoms with Crippen LogP contribution in [-0.4, -0.2) is 69.4 Å². The Morgan fingerprint density at radius 2 is 1.93 bits per heavy atom. The molecule has 29 heavy (non-hydrogen) atoms. The van der Waals surface area contributed by atoms with Gasteiger partial charge in [0.1, 0.15) is 12.4 Å². The average Bonchev–Trinajstić information content (AvgIpc) is 2.76. The van der Waals surface area contributed by atoms with E-state index in [9.17, 15) is 4.39 Å². The molecule has 1 aliphatic heterocycles. The van der Waals surface area contributed by atoms with Crippen molar-refractivity contribution in [1.82, 2.24) is 15.2 Å². The number of anilines is 1. The van der Waals surface area contributed by atoms with Crippen molar-refractivity contribution in [3.63, 3.8) is 0 Å². The van der Waals surface area contributed by atoms with Crippen LogP contribution in [0.15, 0.2) is 47.6 Å². The van der Waals surface area contributed by atoms with Crippen molar-refractivity contribution < 1.29 is 13.9 Å². The van der Waals surface area contributed by atoms with Crippen molar-refractivity contribution in [3.8, 4) is 5.88 Å². The highest BCUT2D eigenvalue weighted by molar-refractivity contribution is 5.80. The molecule has 1 fully saturated rings. The number of rotatable bonds is 7. The molecule has 0 atom stereocenters. The van der Waals surface area contributed by atoms with Crippen LogP contribution in [0.3, 0.4) is 0 Å². The lowest BCUT2D eigenvalue weighted by Crippen LogP contribution is -2.52. The van der Waals surface area contributed by atoms with Gasteiger partial charge in [0.15, 0.2) is 5.96 Å². The number of benzene rings is 1. The van der Waals surface area contributed by atoms with Crippen LogP contribution in [0.5, 0.6) is 5.88 Å². The molecule has 1 aliphatic rings. The van der Waals surface area contributed by atoms with Crippen LogP contribution in [0.1, 0.15) is 5.56 Å². The molecule has 1 aromatic carbocycles. The van der Waals surface area contributed by atoms with Crippen molar-refractivity contribution in [2.45, 2.75) is 6.54 Å². The number of nitrogens with one attached hydrogen (secondary N) is 1. The number of aromatic nitrogens is 1. The first-order valence-electron chi connectivity index (χ1n) is 9.73. The van der Waals surface area contributed by atoms with Gasteiger partial charge in [-0.05, 0) is 18.2 Å². The number of nitrogens with zero attached hydrogens (tertiary/aromatic N) is 4. The molecule has 1 aromatic heterocycles. The van der Waals surface area contributed by atoms with Gasteiger partial charge in [-0.25, -0.2) is 9.37 Å². The molecule has 3 rings (SSSR count). The molecular formula is C21H28FN5O2. The van der Waals surface area contributed by atoms with Crippen molar-refractivity contribution in [3.05, 3.63) is 54.0 Å². The molecule has 0 spiro atoms. The van der Waals surface area contributed by atoms with E-state index in [0.717, 1.165) is 37.7 Å². The number of piperazine rings is 1. The second kappa shape index (κ2) is 10.6. The van der Waals surface area contributed by atoms with Crippen LogP contribution in [-0.2, 0) is 11.3 Å². The van der Waals surface area contributed by atoms with Crippen LogP contribution < -0.4 is 15.0 Å². The second-order valence-electron chi connectivity index (χ2n) is 6.64. The molecule has 2 aromatic rings. The number of ether oxygens (including phenoxy) is 2. The highest BCUT2D eigenvalue weighted by Gasteiger charge is 2.21. The van der Waals surface area contributed by atoms with Crippen LogP contribution in [0.4, 0.5) is 10.1 Å². The van der Waals surface area contributed by atoms with Gasteiger partial charge in [-0.2, -0.15) is 0 Å². The Labute approximate surface area is 171 Å². The summed E-state index contributed by atoms with van der Waals surface area (Å²) in [5.74, 6) is 1.22. The van der Waals surface area contributed by atoms with Crippen LogP contribution in [0.2, 0.25) is 0 Å². The average molecular weight is 401 g/mol. The molecular weight excluding hydrogens is 373 g/mol. The zero-order valence-corrected chi connectivity index (χ0v) is 17.0. The zero-order chi connectivity index (χ0) is 20.5. The standard InChI is InChI=1S/C21H28FN5O2/c1-23-21(25-16-17-6-5-9-24-20(17)29-15-14-28-2)27-12-10-26(11-13-27)19-8-4-3-7-18(19)22/h3-9H,10-16H2,1-2H3,(H,23,25). The summed E-state index contributed by atoms with van der Waals surface area (Å²) in [4.78, 5) is 13.0. The maximum Gasteiger partial charge on any atom is 0.218 e. The monoisotopic (exact) mass is 401 g/mol. The molecule has 0 amide bonds. The van der Waals surface area contributed by atoms with Gasteiger partial charge in [0.05, 0.1) is 12.3 Å². The van der Waals surface area contributed by atoms with Crippen LogP contribution in [0, 0.1) is 5.82 Å². The highest BCUT2D eigenvalue weighted by atomic mass is 19.1. The third kappa shape index (κ3) is 5.57. The highest BCUT2D eigenvalue weighted by Crippen LogP contribution is 2.20. The lowest BCUT2D eigenvalue weighted by atomic mass is 10.2. The number of pyridine rings is 1. The fourth-order valence-electron chi connectivity index (χ4n) is 3.28. The Bertz CT molecular complexity index is 809. The van der Waals surface area contributed by atoms with E-state index in [1.807, 2.05) is 24.3 Å². The Kier molecular flexibility index (Phi) is 7.63. The summed E-state index contributed by atoms with van der Waals surface area (Å²) in [5.41, 5.74) is 1.61. The minimum Gasteiger partial charge on any atom is -0.475 e. The van der Waals surface area contributed by atoms with E-state index in [-0.39, 0.29) is 5.82 Å². The largest absolute Gasteiger partial charge is 0.475 e. The maximum atomic E-state index is 14.0. The first-order valence-corrected chi connectivity index (χ1v) is 9.73. The van der Waals surface area contributed by atoms with Gasteiger partial charge in [0.25, 0.3) is 0 Å². The molecule has 0 saturated carbocycles. The van der Waals surface area contributed by atoms with Crippen LogP contribution in [0.25, 0.3) is 0 Å². The first-order chi connectivity index (χ1) is 14.2. The molecule has 0 aliphatic carbocycles. The second-order valence-corrected chi connectivity index (χ2v) is 6.64. The molecule has 0 bridgehead atoms. The molecule has 0 radical (unpaired) electrons. The Hall–Kier alpha value is -2.87. The van der Waals surface area contributed by atoms with Gasteiger partial charge in [0.2, 0.25) is 5.88 Å². The van der Waals surface area contributed by atoms with Gasteiger partial charge in [-0.1, -0.05) is 18.2 Å². The van der Waals surface area contributed by atoms with Crippen LogP contribution >= 0.6 is 0 Å². The molecule has 156 valence electrons. The smallest absolute Gasteiger partial charge is 0.218 e. The Morgan fingerprint density at radius 3 is 2.66 bits per heavy atom. The predicted molar refractivity (Wildman–Crippen MR) is 112 cm³/mol. The number of methoxy groups -OCH3 is 1. The molecule has 0 unspecified atom stereocenters. The van der Waals surface area contributed by atoms with Gasteiger partial charge in [0, 0.05) is 58.6 Å². The fourth-order valence-corrected chi connectivity index (χ4v) is 3.28. The summed E-state index contributed by atoms with van der Waals surface area (Å²) in [6.45, 7) is 4.51. The normalized spacial score (nSPS) is 14.8. The lowest BCUT2D eigenvalue weighted by Gasteiger charge is -2.37. The Morgan fingerprint density at radius 1 is 1.14 bits per heavy atom. The number of halogens is 1. The number of para-hydroxylation sites is 1.